The maximum Gasteiger partial charge on any atom is 0.434 e. The number of halogens is 7. The summed E-state index contributed by atoms with van der Waals surface area (Å²) in [5.74, 6) is -0.0851. The van der Waals surface area contributed by atoms with Crippen molar-refractivity contribution in [2.75, 3.05) is 37.0 Å². The quantitative estimate of drug-likeness (QED) is 0.214. The zero-order chi connectivity index (χ0) is 24.3. The van der Waals surface area contributed by atoms with Crippen LogP contribution in [-0.4, -0.2) is 61.3 Å². The maximum atomic E-state index is 13.7. The molecule has 0 spiro atoms. The van der Waals surface area contributed by atoms with E-state index >= 15 is 0 Å². The lowest BCUT2D eigenvalue weighted by atomic mass is 9.89. The third-order valence-electron chi connectivity index (χ3n) is 5.41. The number of piperazine rings is 1. The smallest absolute Gasteiger partial charge is 0.367 e. The van der Waals surface area contributed by atoms with E-state index in [2.05, 4.69) is 25.7 Å². The van der Waals surface area contributed by atoms with Crippen LogP contribution in [0.1, 0.15) is 31.4 Å². The number of benzene rings is 1. The van der Waals surface area contributed by atoms with Gasteiger partial charge in [0.1, 0.15) is 0 Å². The van der Waals surface area contributed by atoms with E-state index in [1.807, 2.05) is 11.8 Å². The number of hydrogen-bond donors (Lipinski definition) is 0. The Balaban J connectivity index is 2.52. The van der Waals surface area contributed by atoms with Crippen molar-refractivity contribution in [2.45, 2.75) is 50.7 Å². The van der Waals surface area contributed by atoms with Gasteiger partial charge in [-0.3, -0.25) is 4.79 Å². The van der Waals surface area contributed by atoms with E-state index < -0.39 is 23.5 Å². The van der Waals surface area contributed by atoms with E-state index in [1.54, 1.807) is 11.8 Å². The van der Waals surface area contributed by atoms with Gasteiger partial charge in [0.15, 0.2) is 0 Å². The van der Waals surface area contributed by atoms with Gasteiger partial charge in [0.2, 0.25) is 5.91 Å². The molecule has 1 fully saturated rings. The molecule has 1 aromatic carbocycles. The van der Waals surface area contributed by atoms with Crippen molar-refractivity contribution in [1.82, 2.24) is 4.90 Å². The molecule has 1 amide bonds. The number of hydrogen-bond acceptors (Lipinski definition) is 4. The molecule has 5 nitrogen and oxygen atoms in total. The summed E-state index contributed by atoms with van der Waals surface area (Å²) in [7, 11) is 0.600. The molecule has 32 heavy (non-hydrogen) atoms. The van der Waals surface area contributed by atoms with Crippen LogP contribution in [0.15, 0.2) is 18.2 Å². The van der Waals surface area contributed by atoms with Gasteiger partial charge in [-0.1, -0.05) is 41.4 Å². The molecular weight excluding hydrogens is 510 g/mol. The summed E-state index contributed by atoms with van der Waals surface area (Å²) in [5, 5.41) is 0.170. The Kier molecular flexibility index (Phi) is 8.49. The van der Waals surface area contributed by atoms with E-state index in [9.17, 15) is 31.1 Å². The van der Waals surface area contributed by atoms with Crippen molar-refractivity contribution in [3.8, 4) is 0 Å². The predicted molar refractivity (Wildman–Crippen MR) is 110 cm³/mol. The topological polar surface area (TPSA) is 42.0 Å². The summed E-state index contributed by atoms with van der Waals surface area (Å²) < 4.78 is 82.5. The fourth-order valence-electron chi connectivity index (χ4n) is 3.96. The molecule has 1 aliphatic rings. The highest BCUT2D eigenvalue weighted by molar-refractivity contribution is 9.09. The minimum atomic E-state index is -5.82. The molecule has 12 heteroatoms. The van der Waals surface area contributed by atoms with Crippen LogP contribution in [-0.2, 0) is 26.6 Å². The first-order valence-electron chi connectivity index (χ1n) is 9.93. The minimum absolute atomic E-state index is 0.0851. The van der Waals surface area contributed by atoms with Crippen molar-refractivity contribution in [3.05, 3.63) is 29.3 Å². The molecule has 1 heterocycles. The first-order chi connectivity index (χ1) is 14.8. The van der Waals surface area contributed by atoms with Crippen LogP contribution in [0.5, 0.6) is 0 Å². The molecular formula is C20H25BrF6N2O3. The molecule has 0 radical (unpaired) electrons. The van der Waals surface area contributed by atoms with Gasteiger partial charge in [0, 0.05) is 36.9 Å². The second-order valence-corrected chi connectivity index (χ2v) is 8.10. The van der Waals surface area contributed by atoms with Gasteiger partial charge >= 0.3 is 18.0 Å². The highest BCUT2D eigenvalue weighted by atomic mass is 79.9. The lowest BCUT2D eigenvalue weighted by Crippen LogP contribution is -2.56. The number of rotatable bonds is 7. The van der Waals surface area contributed by atoms with E-state index in [1.165, 1.54) is 6.07 Å². The van der Waals surface area contributed by atoms with Crippen LogP contribution in [0.2, 0.25) is 0 Å². The van der Waals surface area contributed by atoms with Crippen molar-refractivity contribution < 1.29 is 40.9 Å². The first-order valence-corrected chi connectivity index (χ1v) is 11.0. The van der Waals surface area contributed by atoms with Crippen LogP contribution in [0.25, 0.3) is 0 Å². The number of carbonyl (C=O) groups excluding carboxylic acids is 1. The fourth-order valence-corrected chi connectivity index (χ4v) is 4.28. The highest BCUT2D eigenvalue weighted by Crippen LogP contribution is 2.53. The van der Waals surface area contributed by atoms with Gasteiger partial charge in [-0.25, -0.2) is 9.78 Å². The number of aryl methyl sites for hydroxylation is 1. The van der Waals surface area contributed by atoms with Crippen LogP contribution >= 0.6 is 15.9 Å². The fraction of sp³-hybridized carbons (Fsp3) is 0.650. The Morgan fingerprint density at radius 2 is 1.78 bits per heavy atom. The summed E-state index contributed by atoms with van der Waals surface area (Å²) in [4.78, 5) is 23.4. The highest BCUT2D eigenvalue weighted by Gasteiger charge is 2.75. The molecule has 0 aliphatic carbocycles. The van der Waals surface area contributed by atoms with E-state index in [-0.39, 0.29) is 23.7 Å². The van der Waals surface area contributed by atoms with Gasteiger partial charge < -0.3 is 9.80 Å². The summed E-state index contributed by atoms with van der Waals surface area (Å²) >= 11 is 3.13. The lowest BCUT2D eigenvalue weighted by molar-refractivity contribution is -0.484. The largest absolute Gasteiger partial charge is 0.434 e. The summed E-state index contributed by atoms with van der Waals surface area (Å²) in [6.07, 6.45) is -10.9. The van der Waals surface area contributed by atoms with Crippen LogP contribution in [0.3, 0.4) is 0 Å². The zero-order valence-electron chi connectivity index (χ0n) is 17.8. The third kappa shape index (κ3) is 5.01. The lowest BCUT2D eigenvalue weighted by Gasteiger charge is -2.42. The summed E-state index contributed by atoms with van der Waals surface area (Å²) in [6.45, 7) is 4.80. The number of anilines is 1. The number of amides is 1. The summed E-state index contributed by atoms with van der Waals surface area (Å²) in [6, 6.07) is 2.74. The monoisotopic (exact) mass is 534 g/mol. The zero-order valence-corrected chi connectivity index (χ0v) is 19.4. The van der Waals surface area contributed by atoms with Crippen LogP contribution < -0.4 is 4.90 Å². The molecule has 2 rings (SSSR count). The predicted octanol–water partition coefficient (Wildman–Crippen LogP) is 4.97. The molecule has 0 N–H and O–H groups in total. The van der Waals surface area contributed by atoms with Crippen LogP contribution in [0.4, 0.5) is 32.0 Å². The number of nitrogens with zero attached hydrogens (tertiary/aromatic N) is 2. The van der Waals surface area contributed by atoms with Gasteiger partial charge in [-0.05, 0) is 25.0 Å². The Morgan fingerprint density at radius 1 is 1.16 bits per heavy atom. The number of alkyl halides is 7. The van der Waals surface area contributed by atoms with Crippen molar-refractivity contribution in [3.63, 3.8) is 0 Å². The molecule has 1 aromatic rings. The third-order valence-corrected chi connectivity index (χ3v) is 5.89. The van der Waals surface area contributed by atoms with E-state index in [0.717, 1.165) is 12.1 Å². The molecule has 0 aromatic heterocycles. The first kappa shape index (κ1) is 26.7. The molecule has 1 atom stereocenters. The summed E-state index contributed by atoms with van der Waals surface area (Å²) in [5.41, 5.74) is -4.86. The average Bonchev–Trinajstić information content (AvgIpc) is 2.69. The van der Waals surface area contributed by atoms with Gasteiger partial charge in [-0.15, -0.1) is 0 Å². The standard InChI is InChI=1S/C20H25BrF6N2O3/c1-4-5-14-10-15(18(32-31-3,19(22,23)24)20(25,26)27)6-7-16(14)28-8-9-29(13(2)12-28)17(30)11-21/h6-7,10,13H,4-5,8-9,11-12H2,1-3H3/t13-/m0/s1. The molecule has 182 valence electrons. The molecule has 0 bridgehead atoms. The Labute approximate surface area is 190 Å². The van der Waals surface area contributed by atoms with E-state index in [4.69, 9.17) is 0 Å². The molecule has 0 unspecified atom stereocenters. The van der Waals surface area contributed by atoms with Gasteiger partial charge in [-0.2, -0.15) is 26.3 Å². The van der Waals surface area contributed by atoms with Crippen molar-refractivity contribution in [2.24, 2.45) is 0 Å². The maximum absolute atomic E-state index is 13.7. The molecule has 0 saturated carbocycles. The Hall–Kier alpha value is -1.53. The second kappa shape index (κ2) is 10.2. The van der Waals surface area contributed by atoms with Gasteiger partial charge in [0.25, 0.3) is 0 Å². The Morgan fingerprint density at radius 3 is 2.25 bits per heavy atom. The van der Waals surface area contributed by atoms with Crippen molar-refractivity contribution >= 4 is 27.5 Å². The number of carbonyl (C=O) groups is 1. The van der Waals surface area contributed by atoms with Crippen LogP contribution in [0, 0.1) is 0 Å². The van der Waals surface area contributed by atoms with Gasteiger partial charge in [0.05, 0.1) is 12.4 Å². The Bertz CT molecular complexity index is 789. The second-order valence-electron chi connectivity index (χ2n) is 7.54. The minimum Gasteiger partial charge on any atom is -0.367 e. The SMILES string of the molecule is CCCc1cc(C(OOC)(C(F)(F)F)C(F)(F)F)ccc1N1CCN(C(=O)CBr)[C@@H](C)C1. The van der Waals surface area contributed by atoms with E-state index in [0.29, 0.717) is 44.4 Å². The normalized spacial score (nSPS) is 18.2. The molecule has 1 aliphatic heterocycles. The molecule has 1 saturated heterocycles. The average molecular weight is 535 g/mol. The van der Waals surface area contributed by atoms with Crippen molar-refractivity contribution in [1.29, 1.82) is 0 Å².